The van der Waals surface area contributed by atoms with Crippen LogP contribution in [0.4, 0.5) is 17.1 Å². The first kappa shape index (κ1) is 27.5. The standard InChI is InChI=1S/C46H29NO2/c1-2-11-32(12-3-1)37-15-8-16-38-40-29-34(23-27-43(40)49-46(37)38)31-20-24-35(25-21-31)47(36-26-22-30-10-4-5-13-33(30)28-36)41-17-9-19-44-45(41)39-14-6-7-18-42(39)48-44/h1-29H. The van der Waals surface area contributed by atoms with Gasteiger partial charge in [0.05, 0.1) is 11.1 Å². The van der Waals surface area contributed by atoms with Gasteiger partial charge in [-0.15, -0.1) is 0 Å². The molecule has 0 aliphatic rings. The van der Waals surface area contributed by atoms with E-state index in [2.05, 4.69) is 163 Å². The van der Waals surface area contributed by atoms with Gasteiger partial charge in [-0.25, -0.2) is 0 Å². The second-order valence-electron chi connectivity index (χ2n) is 12.5. The van der Waals surface area contributed by atoms with E-state index in [0.717, 1.165) is 83.2 Å². The Labute approximate surface area is 282 Å². The zero-order valence-electron chi connectivity index (χ0n) is 26.5. The molecule has 0 unspecified atom stereocenters. The van der Waals surface area contributed by atoms with E-state index in [1.807, 2.05) is 18.2 Å². The molecule has 0 bridgehead atoms. The molecule has 0 N–H and O–H groups in total. The molecule has 0 atom stereocenters. The minimum atomic E-state index is 0.872. The molecular formula is C46H29NO2. The summed E-state index contributed by atoms with van der Waals surface area (Å²) in [5.41, 5.74) is 11.3. The molecule has 0 aliphatic carbocycles. The maximum absolute atomic E-state index is 6.45. The predicted molar refractivity (Wildman–Crippen MR) is 204 cm³/mol. The first-order valence-electron chi connectivity index (χ1n) is 16.6. The largest absolute Gasteiger partial charge is 0.456 e. The van der Waals surface area contributed by atoms with Crippen molar-refractivity contribution in [2.75, 3.05) is 4.90 Å². The lowest BCUT2D eigenvalue weighted by Crippen LogP contribution is -2.10. The van der Waals surface area contributed by atoms with Crippen LogP contribution in [0.25, 0.3) is 76.9 Å². The number of fused-ring (bicyclic) bond motifs is 7. The van der Waals surface area contributed by atoms with Gasteiger partial charge in [-0.2, -0.15) is 0 Å². The van der Waals surface area contributed by atoms with E-state index in [1.165, 1.54) is 10.8 Å². The van der Waals surface area contributed by atoms with Crippen molar-refractivity contribution in [2.24, 2.45) is 0 Å². The molecule has 0 fully saturated rings. The van der Waals surface area contributed by atoms with Crippen LogP contribution in [0.15, 0.2) is 185 Å². The summed E-state index contributed by atoms with van der Waals surface area (Å²) in [7, 11) is 0. The van der Waals surface area contributed by atoms with Gasteiger partial charge < -0.3 is 13.7 Å². The molecule has 0 spiro atoms. The van der Waals surface area contributed by atoms with Crippen LogP contribution in [0.5, 0.6) is 0 Å². The van der Waals surface area contributed by atoms with Gasteiger partial charge >= 0.3 is 0 Å². The molecule has 10 aromatic rings. The van der Waals surface area contributed by atoms with E-state index in [1.54, 1.807) is 0 Å². The van der Waals surface area contributed by atoms with Crippen LogP contribution in [-0.2, 0) is 0 Å². The quantitative estimate of drug-likeness (QED) is 0.190. The maximum atomic E-state index is 6.45. The molecule has 0 radical (unpaired) electrons. The van der Waals surface area contributed by atoms with E-state index in [9.17, 15) is 0 Å². The van der Waals surface area contributed by atoms with E-state index in [-0.39, 0.29) is 0 Å². The summed E-state index contributed by atoms with van der Waals surface area (Å²) >= 11 is 0. The smallest absolute Gasteiger partial charge is 0.143 e. The van der Waals surface area contributed by atoms with Crippen molar-refractivity contribution in [1.29, 1.82) is 0 Å². The van der Waals surface area contributed by atoms with E-state index in [4.69, 9.17) is 8.83 Å². The monoisotopic (exact) mass is 627 g/mol. The van der Waals surface area contributed by atoms with Crippen molar-refractivity contribution in [3.63, 3.8) is 0 Å². The Bertz CT molecular complexity index is 2830. The van der Waals surface area contributed by atoms with E-state index < -0.39 is 0 Å². The molecule has 10 rings (SSSR count). The fourth-order valence-electron chi connectivity index (χ4n) is 7.31. The molecule has 0 saturated heterocycles. The normalized spacial score (nSPS) is 11.7. The number of anilines is 3. The summed E-state index contributed by atoms with van der Waals surface area (Å²) in [6.07, 6.45) is 0. The van der Waals surface area contributed by atoms with Crippen molar-refractivity contribution in [3.8, 4) is 22.3 Å². The highest BCUT2D eigenvalue weighted by Gasteiger charge is 2.20. The predicted octanol–water partition coefficient (Wildman–Crippen LogP) is 13.4. The molecule has 2 aromatic heterocycles. The maximum Gasteiger partial charge on any atom is 0.143 e. The summed E-state index contributed by atoms with van der Waals surface area (Å²) in [6.45, 7) is 0. The van der Waals surface area contributed by atoms with Gasteiger partial charge in [0, 0.05) is 33.1 Å². The fourth-order valence-corrected chi connectivity index (χ4v) is 7.31. The summed E-state index contributed by atoms with van der Waals surface area (Å²) in [4.78, 5) is 2.35. The Hall–Kier alpha value is -6.58. The van der Waals surface area contributed by atoms with Crippen LogP contribution in [0.2, 0.25) is 0 Å². The number of rotatable bonds is 5. The topological polar surface area (TPSA) is 29.5 Å². The van der Waals surface area contributed by atoms with Crippen LogP contribution < -0.4 is 4.90 Å². The molecule has 0 aliphatic heterocycles. The van der Waals surface area contributed by atoms with Crippen molar-refractivity contribution in [3.05, 3.63) is 176 Å². The first-order chi connectivity index (χ1) is 24.3. The Morgan fingerprint density at radius 2 is 1.06 bits per heavy atom. The van der Waals surface area contributed by atoms with Crippen LogP contribution in [0.3, 0.4) is 0 Å². The molecule has 0 saturated carbocycles. The minimum Gasteiger partial charge on any atom is -0.456 e. The van der Waals surface area contributed by atoms with Gasteiger partial charge in [0.25, 0.3) is 0 Å². The molecular weight excluding hydrogens is 599 g/mol. The third kappa shape index (κ3) is 4.51. The third-order valence-corrected chi connectivity index (χ3v) is 9.65. The molecule has 230 valence electrons. The van der Waals surface area contributed by atoms with Crippen molar-refractivity contribution in [2.45, 2.75) is 0 Å². The Balaban J connectivity index is 1.11. The molecule has 49 heavy (non-hydrogen) atoms. The zero-order chi connectivity index (χ0) is 32.3. The van der Waals surface area contributed by atoms with Crippen molar-refractivity contribution >= 4 is 71.7 Å². The van der Waals surface area contributed by atoms with Gasteiger partial charge in [0.2, 0.25) is 0 Å². The summed E-state index contributed by atoms with van der Waals surface area (Å²) < 4.78 is 12.8. The lowest BCUT2D eigenvalue weighted by atomic mass is 10.00. The highest BCUT2D eigenvalue weighted by atomic mass is 16.3. The van der Waals surface area contributed by atoms with Gasteiger partial charge in [0.15, 0.2) is 0 Å². The van der Waals surface area contributed by atoms with Crippen molar-refractivity contribution in [1.82, 2.24) is 0 Å². The molecule has 2 heterocycles. The van der Waals surface area contributed by atoms with Crippen LogP contribution in [0, 0.1) is 0 Å². The number of furan rings is 2. The molecule has 8 aromatic carbocycles. The SMILES string of the molecule is c1ccc(-c2cccc3c2oc2ccc(-c4ccc(N(c5ccc6ccccc6c5)c5cccc6oc7ccccc7c56)cc4)cc23)cc1. The number of para-hydroxylation sites is 2. The van der Waals surface area contributed by atoms with Crippen molar-refractivity contribution < 1.29 is 8.83 Å². The lowest BCUT2D eigenvalue weighted by molar-refractivity contribution is 0.669. The second-order valence-corrected chi connectivity index (χ2v) is 12.5. The highest BCUT2D eigenvalue weighted by molar-refractivity contribution is 6.14. The summed E-state index contributed by atoms with van der Waals surface area (Å²) in [5, 5.41) is 6.85. The van der Waals surface area contributed by atoms with Crippen LogP contribution >= 0.6 is 0 Å². The molecule has 3 heteroatoms. The van der Waals surface area contributed by atoms with E-state index in [0.29, 0.717) is 0 Å². The Morgan fingerprint density at radius 1 is 0.367 bits per heavy atom. The molecule has 0 amide bonds. The van der Waals surface area contributed by atoms with Gasteiger partial charge in [0.1, 0.15) is 22.3 Å². The lowest BCUT2D eigenvalue weighted by Gasteiger charge is -2.27. The number of benzene rings is 8. The Kier molecular flexibility index (Phi) is 6.18. The van der Waals surface area contributed by atoms with Crippen LogP contribution in [0.1, 0.15) is 0 Å². The number of nitrogens with zero attached hydrogens (tertiary/aromatic N) is 1. The van der Waals surface area contributed by atoms with Gasteiger partial charge in [-0.1, -0.05) is 121 Å². The second kappa shape index (κ2) is 11.0. The summed E-state index contributed by atoms with van der Waals surface area (Å²) in [5.74, 6) is 0. The van der Waals surface area contributed by atoms with E-state index >= 15 is 0 Å². The van der Waals surface area contributed by atoms with Gasteiger partial charge in [-0.3, -0.25) is 0 Å². The molecule has 3 nitrogen and oxygen atoms in total. The summed E-state index contributed by atoms with van der Waals surface area (Å²) in [6, 6.07) is 62.0. The Morgan fingerprint density at radius 3 is 1.96 bits per heavy atom. The average Bonchev–Trinajstić information content (AvgIpc) is 3.74. The zero-order valence-corrected chi connectivity index (χ0v) is 26.5. The number of hydrogen-bond donors (Lipinski definition) is 0. The third-order valence-electron chi connectivity index (χ3n) is 9.65. The van der Waals surface area contributed by atoms with Crippen LogP contribution in [-0.4, -0.2) is 0 Å². The minimum absolute atomic E-state index is 0.872. The highest BCUT2D eigenvalue weighted by Crippen LogP contribution is 2.44. The van der Waals surface area contributed by atoms with Gasteiger partial charge in [-0.05, 0) is 82.1 Å². The fraction of sp³-hybridized carbons (Fsp3) is 0. The number of hydrogen-bond acceptors (Lipinski definition) is 3. The first-order valence-corrected chi connectivity index (χ1v) is 16.6. The average molecular weight is 628 g/mol.